The van der Waals surface area contributed by atoms with Crippen LogP contribution in [0.25, 0.3) is 10.9 Å². The Balaban J connectivity index is 0.00000405. The molecular formula is C61H88N16O14. The summed E-state index contributed by atoms with van der Waals surface area (Å²) in [4.78, 5) is 165. The van der Waals surface area contributed by atoms with Gasteiger partial charge in [-0.1, -0.05) is 58.0 Å². The fourth-order valence-corrected chi connectivity index (χ4v) is 10.4. The van der Waals surface area contributed by atoms with E-state index in [9.17, 15) is 58.2 Å². The van der Waals surface area contributed by atoms with Crippen LogP contribution in [0.2, 0.25) is 0 Å². The van der Waals surface area contributed by atoms with E-state index in [0.29, 0.717) is 27.7 Å². The number of hydrogen-bond donors (Lipinski definition) is 16. The number of amides is 10. The second kappa shape index (κ2) is 35.5. The number of aliphatic carboxylic acids is 1. The lowest BCUT2D eigenvalue weighted by Crippen LogP contribution is -2.61. The highest BCUT2D eigenvalue weighted by atomic mass is 16.4. The van der Waals surface area contributed by atoms with E-state index in [1.807, 2.05) is 5.32 Å². The predicted octanol–water partition coefficient (Wildman–Crippen LogP) is -1.35. The van der Waals surface area contributed by atoms with Crippen LogP contribution in [-0.2, 0) is 72.0 Å². The highest BCUT2D eigenvalue weighted by Gasteiger charge is 2.40. The highest BCUT2D eigenvalue weighted by Crippen LogP contribution is 2.22. The Kier molecular flexibility index (Phi) is 25.1. The molecule has 2 fully saturated rings. The van der Waals surface area contributed by atoms with E-state index in [-0.39, 0.29) is 113 Å². The van der Waals surface area contributed by atoms with Crippen molar-refractivity contribution in [2.75, 3.05) is 26.2 Å². The van der Waals surface area contributed by atoms with Crippen LogP contribution in [0.4, 0.5) is 0 Å². The van der Waals surface area contributed by atoms with Gasteiger partial charge in [-0.25, -0.2) is 4.98 Å². The minimum absolute atomic E-state index is 0.00244. The maximum absolute atomic E-state index is 14.7. The number of rotatable bonds is 32. The van der Waals surface area contributed by atoms with Crippen LogP contribution in [-0.4, -0.2) is 187 Å². The Bertz CT molecular complexity index is 3380. The van der Waals surface area contributed by atoms with Crippen molar-refractivity contribution < 1.29 is 74.9 Å². The number of phenolic OH excluding ortho intramolecular Hbond substituents is 1. The van der Waals surface area contributed by atoms with E-state index in [1.54, 1.807) is 58.2 Å². The van der Waals surface area contributed by atoms with Gasteiger partial charge in [0, 0.05) is 88.0 Å². The molecule has 2 aromatic heterocycles. The summed E-state index contributed by atoms with van der Waals surface area (Å²) in [6.45, 7) is 0.739. The van der Waals surface area contributed by atoms with Crippen molar-refractivity contribution in [1.82, 2.24) is 67.7 Å². The number of imidazole rings is 1. The number of nitrogens with two attached hydrogens (primary N) is 2. The molecule has 18 N–H and O–H groups in total. The van der Waals surface area contributed by atoms with Crippen molar-refractivity contribution in [2.24, 2.45) is 28.3 Å². The van der Waals surface area contributed by atoms with Crippen LogP contribution >= 0.6 is 0 Å². The molecule has 0 saturated carbocycles. The number of para-hydroxylation sites is 1. The molecule has 6 rings (SSSR count). The number of benzene rings is 2. The molecule has 2 aromatic carbocycles. The second-order valence-electron chi connectivity index (χ2n) is 23.0. The van der Waals surface area contributed by atoms with Gasteiger partial charge in [0.05, 0.1) is 12.9 Å². The number of H-pyrrole nitrogens is 2. The number of aliphatic hydroxyl groups is 1. The van der Waals surface area contributed by atoms with E-state index in [0.717, 1.165) is 11.8 Å². The van der Waals surface area contributed by atoms with Gasteiger partial charge in [-0.15, -0.1) is 0 Å². The Labute approximate surface area is 533 Å². The largest absolute Gasteiger partial charge is 0.508 e. The monoisotopic (exact) mass is 1270 g/mol. The third-order valence-electron chi connectivity index (χ3n) is 14.7. The Morgan fingerprint density at radius 1 is 0.736 bits per heavy atom. The number of aromatic nitrogens is 3. The number of nitrogens with one attached hydrogen (secondary N) is 11. The first-order valence-corrected chi connectivity index (χ1v) is 29.9. The van der Waals surface area contributed by atoms with Crippen molar-refractivity contribution >= 4 is 81.9 Å². The van der Waals surface area contributed by atoms with Crippen molar-refractivity contribution in [2.45, 2.75) is 166 Å². The normalized spacial score (nSPS) is 17.8. The first-order valence-electron chi connectivity index (χ1n) is 32.4. The van der Waals surface area contributed by atoms with Gasteiger partial charge < -0.3 is 89.5 Å². The molecule has 4 heterocycles. The maximum Gasteiger partial charge on any atom is 0.300 e. The summed E-state index contributed by atoms with van der Waals surface area (Å²) in [6.07, 6.45) is 4.47. The molecule has 0 radical (unpaired) electrons. The quantitative estimate of drug-likeness (QED) is 0.0153. The summed E-state index contributed by atoms with van der Waals surface area (Å²) in [6, 6.07) is 0.220. The van der Waals surface area contributed by atoms with Crippen molar-refractivity contribution in [3.8, 4) is 5.75 Å². The average Bonchev–Trinajstić information content (AvgIpc) is 1.79. The van der Waals surface area contributed by atoms with Crippen LogP contribution in [0, 0.1) is 11.8 Å². The lowest BCUT2D eigenvalue weighted by atomic mass is 9.98. The van der Waals surface area contributed by atoms with Crippen LogP contribution in [0.3, 0.4) is 0 Å². The summed E-state index contributed by atoms with van der Waals surface area (Å²) in [7, 11) is 0. The summed E-state index contributed by atoms with van der Waals surface area (Å²) in [5.74, 6) is -10.1. The van der Waals surface area contributed by atoms with Gasteiger partial charge in [0.1, 0.15) is 60.1 Å². The summed E-state index contributed by atoms with van der Waals surface area (Å²) in [5.41, 5.74) is 13.2. The van der Waals surface area contributed by atoms with Gasteiger partial charge in [0.15, 0.2) is 5.96 Å². The number of phenols is 1. The Morgan fingerprint density at radius 3 is 1.86 bits per heavy atom. The minimum Gasteiger partial charge on any atom is -0.508 e. The summed E-state index contributed by atoms with van der Waals surface area (Å²) < 4.78 is 38.6. The number of aromatic amines is 2. The molecule has 4 aromatic rings. The molecule has 0 spiro atoms. The van der Waals surface area contributed by atoms with Gasteiger partial charge in [0.25, 0.3) is 5.97 Å². The Morgan fingerprint density at radius 2 is 1.30 bits per heavy atom. The van der Waals surface area contributed by atoms with Crippen molar-refractivity contribution in [3.05, 3.63) is 84.1 Å². The Hall–Kier alpha value is -9.61. The third-order valence-corrected chi connectivity index (χ3v) is 14.7. The molecule has 496 valence electrons. The van der Waals surface area contributed by atoms with E-state index in [1.165, 1.54) is 36.8 Å². The van der Waals surface area contributed by atoms with E-state index in [2.05, 4.69) is 62.5 Å². The van der Waals surface area contributed by atoms with Gasteiger partial charge in [-0.05, 0) is 93.0 Å². The number of likely N-dealkylation sites (tertiary alicyclic amines) is 1. The van der Waals surface area contributed by atoms with E-state index in [4.69, 9.17) is 28.2 Å². The topological polar surface area (TPSA) is 469 Å². The number of aromatic hydroxyl groups is 1. The van der Waals surface area contributed by atoms with Crippen LogP contribution in [0.5, 0.6) is 5.75 Å². The number of hydrogen-bond acceptors (Lipinski definition) is 15. The smallest absolute Gasteiger partial charge is 0.300 e. The fourth-order valence-electron chi connectivity index (χ4n) is 10.4. The number of aliphatic imine (C=N–C) groups is 1. The highest BCUT2D eigenvalue weighted by molar-refractivity contribution is 5.99. The second-order valence-corrected chi connectivity index (χ2v) is 23.0. The first-order chi connectivity index (χ1) is 45.2. The minimum atomic E-state index is -3.24. The predicted molar refractivity (Wildman–Crippen MR) is 333 cm³/mol. The van der Waals surface area contributed by atoms with Crippen molar-refractivity contribution in [1.29, 1.82) is 0 Å². The molecule has 30 nitrogen and oxygen atoms in total. The molecule has 10 amide bonds. The van der Waals surface area contributed by atoms with Gasteiger partial charge in [0.2, 0.25) is 59.1 Å². The number of carboxylic acids is 1. The molecule has 30 heteroatoms. The van der Waals surface area contributed by atoms with Crippen LogP contribution in [0.1, 0.15) is 117 Å². The number of carbonyl (C=O) groups is 11. The molecular weight excluding hydrogens is 1180 g/mol. The standard InChI is InChI=1S/C59H84N16O12.C2H4O2/c1-6-63-57(86)48-14-10-22-75(48)58(87)41(13-9-21-64-59(60)61)68-51(80)42(23-32(2)3)69-52(81)43(24-33(4)5)70-53(82)44(25-34-15-17-37(77)18-16-34)71-56(85)47(30-76)74-54(83)45(26-35-28-65-39-12-8-7-11-38(35)39)72-55(84)46(27-36-29-62-31-66-36)73-50(79)40-19-20-49(78)67-40;1-2(3)4/h7-8,11-12,15-18,28-29,31-33,40-48,65,76-77H,6,9-10,13-14,19-27,30H2,1-5H3,(H,62,66)(H,63,86)(H,67,78)(H,68,80)(H,69,81)(H,70,82)(H,71,85)(H,72,84)(H,73,79)(H,74,83)(H4,60,61,64);1H3,(H,3,4)/t40?,41?,42-,43+,44-,45-,46-,47-,48-;/m0./s1/i1D3,6D2;. The number of fused-ring (bicyclic) bond motifs is 1. The zero-order chi connectivity index (χ0) is 71.2. The van der Waals surface area contributed by atoms with Crippen molar-refractivity contribution in [3.63, 3.8) is 0 Å². The van der Waals surface area contributed by atoms with Gasteiger partial charge in [-0.3, -0.25) is 57.7 Å². The maximum atomic E-state index is 14.7. The SMILES string of the molecule is CC(=O)O.[2H]C([2H])([2H])C([2H])([2H])NC(=O)[C@@H]1CCCN1C(=O)C(CCCN=C(N)N)NC(=O)[C@H](CC(C)C)NC(=O)[C@@H](CC(C)C)NC(=O)[C@H](Cc1ccc(O)cc1)NC(=O)[C@H](CO)NC(=O)[C@H](Cc1c[nH]c2ccccc12)NC(=O)[C@H](Cc1cnc[nH]1)NC(=O)C1CCC(=O)N1. The van der Waals surface area contributed by atoms with E-state index >= 15 is 0 Å². The molecule has 0 aliphatic carbocycles. The first kappa shape index (κ1) is 64.4. The molecule has 9 atom stereocenters. The van der Waals surface area contributed by atoms with Gasteiger partial charge in [-0.2, -0.15) is 0 Å². The molecule has 2 saturated heterocycles. The number of aliphatic hydroxyl groups excluding tert-OH is 1. The fraction of sp³-hybridized carbons (Fsp3) is 0.525. The molecule has 2 aliphatic heterocycles. The molecule has 0 bridgehead atoms. The summed E-state index contributed by atoms with van der Waals surface area (Å²) >= 11 is 0. The number of likely N-dealkylation sites (N-methyl/N-ethyl adjacent to an activating group) is 1. The van der Waals surface area contributed by atoms with Crippen LogP contribution in [0.15, 0.2) is 72.2 Å². The molecule has 2 aliphatic rings. The lowest BCUT2D eigenvalue weighted by Gasteiger charge is -2.31. The zero-order valence-electron chi connectivity index (χ0n) is 56.4. The zero-order valence-corrected chi connectivity index (χ0v) is 51.4. The van der Waals surface area contributed by atoms with Gasteiger partial charge >= 0.3 is 0 Å². The summed E-state index contributed by atoms with van der Waals surface area (Å²) in [5, 5.41) is 52.1. The number of carbonyl (C=O) groups excluding carboxylic acids is 10. The lowest BCUT2D eigenvalue weighted by molar-refractivity contribution is -0.142. The molecule has 91 heavy (non-hydrogen) atoms. The molecule has 2 unspecified atom stereocenters. The third kappa shape index (κ3) is 23.1. The van der Waals surface area contributed by atoms with E-state index < -0.39 is 133 Å². The van der Waals surface area contributed by atoms with Crippen LogP contribution < -0.4 is 59.3 Å². The number of carboxylic acid groups (broad SMARTS) is 1. The number of guanidine groups is 1. The number of nitrogens with zero attached hydrogens (tertiary/aromatic N) is 3. The average molecular weight is 1270 g/mol.